The van der Waals surface area contributed by atoms with E-state index in [1.54, 1.807) is 28.9 Å². The third-order valence-electron chi connectivity index (χ3n) is 5.57. The molecule has 5 heteroatoms. The van der Waals surface area contributed by atoms with E-state index >= 15 is 0 Å². The van der Waals surface area contributed by atoms with Crippen molar-refractivity contribution in [3.05, 3.63) is 95.8 Å². The molecular weight excluding hydrogens is 379 g/mol. The van der Waals surface area contributed by atoms with Crippen LogP contribution < -0.4 is 9.80 Å². The number of para-hydroxylation sites is 2. The molecule has 0 radical (unpaired) electrons. The lowest BCUT2D eigenvalue weighted by Gasteiger charge is -2.43. The molecule has 0 fully saturated rings. The topological polar surface area (TPSA) is 40.6 Å². The third kappa shape index (κ3) is 3.47. The first kappa shape index (κ1) is 19.8. The van der Waals surface area contributed by atoms with Gasteiger partial charge >= 0.3 is 0 Å². The molecule has 2 amide bonds. The summed E-state index contributed by atoms with van der Waals surface area (Å²) in [5.74, 6) is -0.992. The van der Waals surface area contributed by atoms with E-state index in [9.17, 15) is 14.0 Å². The van der Waals surface area contributed by atoms with Crippen LogP contribution in [-0.2, 0) is 4.79 Å². The number of benzene rings is 3. The summed E-state index contributed by atoms with van der Waals surface area (Å²) in [5, 5.41) is 0. The van der Waals surface area contributed by atoms with Crippen molar-refractivity contribution in [1.29, 1.82) is 0 Å². The summed E-state index contributed by atoms with van der Waals surface area (Å²) in [5.41, 5.74) is 2.38. The minimum Gasteiger partial charge on any atom is -0.309 e. The van der Waals surface area contributed by atoms with Gasteiger partial charge in [-0.2, -0.15) is 0 Å². The fourth-order valence-electron chi connectivity index (χ4n) is 4.30. The van der Waals surface area contributed by atoms with Crippen molar-refractivity contribution in [3.63, 3.8) is 0 Å². The zero-order chi connectivity index (χ0) is 21.3. The molecule has 4 nitrogen and oxygen atoms in total. The number of carbonyl (C=O) groups excluding carboxylic acids is 2. The highest BCUT2D eigenvalue weighted by atomic mass is 19.1. The Kier molecular flexibility index (Phi) is 5.36. The summed E-state index contributed by atoms with van der Waals surface area (Å²) in [6.45, 7) is 3.52. The van der Waals surface area contributed by atoms with Crippen molar-refractivity contribution in [2.45, 2.75) is 32.4 Å². The smallest absolute Gasteiger partial charge is 0.261 e. The predicted molar refractivity (Wildman–Crippen MR) is 116 cm³/mol. The van der Waals surface area contributed by atoms with E-state index in [0.29, 0.717) is 12.1 Å². The van der Waals surface area contributed by atoms with Crippen molar-refractivity contribution < 1.29 is 14.0 Å². The largest absolute Gasteiger partial charge is 0.309 e. The fraction of sp³-hybridized carbons (Fsp3) is 0.200. The van der Waals surface area contributed by atoms with Crippen LogP contribution in [0.5, 0.6) is 0 Å². The summed E-state index contributed by atoms with van der Waals surface area (Å²) in [6.07, 6.45) is 0.547. The van der Waals surface area contributed by atoms with Gasteiger partial charge in [-0.15, -0.1) is 0 Å². The van der Waals surface area contributed by atoms with Crippen LogP contribution in [0.2, 0.25) is 0 Å². The van der Waals surface area contributed by atoms with Gasteiger partial charge < -0.3 is 9.80 Å². The molecule has 1 heterocycles. The average Bonchev–Trinajstić information content (AvgIpc) is 2.74. The molecule has 0 bridgehead atoms. The minimum absolute atomic E-state index is 0.0282. The molecule has 0 saturated heterocycles. The number of halogens is 1. The van der Waals surface area contributed by atoms with Crippen LogP contribution in [0.1, 0.15) is 42.2 Å². The van der Waals surface area contributed by atoms with Crippen LogP contribution in [0.3, 0.4) is 0 Å². The van der Waals surface area contributed by atoms with Crippen molar-refractivity contribution in [1.82, 2.24) is 0 Å². The zero-order valence-electron chi connectivity index (χ0n) is 17.0. The van der Waals surface area contributed by atoms with Gasteiger partial charge in [0.05, 0.1) is 11.6 Å². The molecule has 2 atom stereocenters. The van der Waals surface area contributed by atoms with Crippen LogP contribution in [0.4, 0.5) is 15.8 Å². The van der Waals surface area contributed by atoms with Gasteiger partial charge in [-0.25, -0.2) is 4.39 Å². The monoisotopic (exact) mass is 402 g/mol. The highest BCUT2D eigenvalue weighted by Crippen LogP contribution is 2.42. The van der Waals surface area contributed by atoms with Gasteiger partial charge in [0.25, 0.3) is 5.91 Å². The lowest BCUT2D eigenvalue weighted by Crippen LogP contribution is -2.47. The summed E-state index contributed by atoms with van der Waals surface area (Å²) >= 11 is 0. The Morgan fingerprint density at radius 2 is 1.57 bits per heavy atom. The van der Waals surface area contributed by atoms with E-state index in [1.165, 1.54) is 12.1 Å². The van der Waals surface area contributed by atoms with E-state index in [2.05, 4.69) is 0 Å². The van der Waals surface area contributed by atoms with Crippen molar-refractivity contribution in [2.24, 2.45) is 0 Å². The summed E-state index contributed by atoms with van der Waals surface area (Å²) in [6, 6.07) is 22.5. The molecule has 3 aromatic carbocycles. The van der Waals surface area contributed by atoms with Crippen LogP contribution >= 0.6 is 0 Å². The van der Waals surface area contributed by atoms with Gasteiger partial charge in [0.1, 0.15) is 5.82 Å². The van der Waals surface area contributed by atoms with E-state index in [0.717, 1.165) is 11.3 Å². The maximum atomic E-state index is 14.5. The number of hydrogen-bond donors (Lipinski definition) is 0. The molecule has 4 rings (SSSR count). The third-order valence-corrected chi connectivity index (χ3v) is 5.57. The summed E-state index contributed by atoms with van der Waals surface area (Å²) in [4.78, 5) is 29.3. The molecule has 0 unspecified atom stereocenters. The SMILES string of the molecule is CC(=O)N1c2ccccc2[C@H](N(C(=O)c2ccccc2F)c2ccccc2)C[C@H]1C. The van der Waals surface area contributed by atoms with Gasteiger partial charge in [0, 0.05) is 24.3 Å². The predicted octanol–water partition coefficient (Wildman–Crippen LogP) is 5.36. The highest BCUT2D eigenvalue weighted by Gasteiger charge is 2.38. The number of fused-ring (bicyclic) bond motifs is 1. The first-order chi connectivity index (χ1) is 14.5. The quantitative estimate of drug-likeness (QED) is 0.592. The lowest BCUT2D eigenvalue weighted by molar-refractivity contribution is -0.117. The van der Waals surface area contributed by atoms with Crippen molar-refractivity contribution >= 4 is 23.2 Å². The number of anilines is 2. The number of amides is 2. The van der Waals surface area contributed by atoms with Gasteiger partial charge in [-0.3, -0.25) is 9.59 Å². The molecule has 152 valence electrons. The standard InChI is InChI=1S/C25H23FN2O2/c1-17-16-24(21-13-7-9-15-23(21)27(17)18(2)29)28(19-10-4-3-5-11-19)25(30)20-12-6-8-14-22(20)26/h3-15,17,24H,16H2,1-2H3/t17-,24-/m1/s1. The molecule has 0 aromatic heterocycles. The Morgan fingerprint density at radius 1 is 0.933 bits per heavy atom. The van der Waals surface area contributed by atoms with Gasteiger partial charge in [-0.1, -0.05) is 48.5 Å². The summed E-state index contributed by atoms with van der Waals surface area (Å²) < 4.78 is 14.5. The molecule has 0 N–H and O–H groups in total. The molecule has 0 spiro atoms. The first-order valence-corrected chi connectivity index (χ1v) is 10.0. The normalized spacial score (nSPS) is 17.9. The Balaban J connectivity index is 1.88. The molecule has 30 heavy (non-hydrogen) atoms. The van der Waals surface area contributed by atoms with Crippen molar-refractivity contribution in [2.75, 3.05) is 9.80 Å². The molecule has 1 aliphatic heterocycles. The van der Waals surface area contributed by atoms with E-state index in [1.807, 2.05) is 61.5 Å². The number of nitrogens with zero attached hydrogens (tertiary/aromatic N) is 2. The second kappa shape index (κ2) is 8.11. The second-order valence-electron chi connectivity index (χ2n) is 7.54. The molecule has 1 aliphatic rings. The molecule has 0 aliphatic carbocycles. The van der Waals surface area contributed by atoms with Crippen LogP contribution in [-0.4, -0.2) is 17.9 Å². The maximum absolute atomic E-state index is 14.5. The van der Waals surface area contributed by atoms with Gasteiger partial charge in [-0.05, 0) is 49.2 Å². The first-order valence-electron chi connectivity index (χ1n) is 10.0. The molecular formula is C25H23FN2O2. The van der Waals surface area contributed by atoms with E-state index in [4.69, 9.17) is 0 Å². The minimum atomic E-state index is -0.550. The summed E-state index contributed by atoms with van der Waals surface area (Å²) in [7, 11) is 0. The Morgan fingerprint density at radius 3 is 2.27 bits per heavy atom. The Hall–Kier alpha value is -3.47. The molecule has 3 aromatic rings. The average molecular weight is 402 g/mol. The maximum Gasteiger partial charge on any atom is 0.261 e. The number of rotatable bonds is 3. The second-order valence-corrected chi connectivity index (χ2v) is 7.54. The highest BCUT2D eigenvalue weighted by molar-refractivity contribution is 6.07. The lowest BCUT2D eigenvalue weighted by atomic mass is 9.89. The van der Waals surface area contributed by atoms with Gasteiger partial charge in [0.2, 0.25) is 5.91 Å². The fourth-order valence-corrected chi connectivity index (χ4v) is 4.30. The number of hydrogen-bond acceptors (Lipinski definition) is 2. The van der Waals surface area contributed by atoms with Crippen LogP contribution in [0.15, 0.2) is 78.9 Å². The zero-order valence-corrected chi connectivity index (χ0v) is 17.0. The van der Waals surface area contributed by atoms with Gasteiger partial charge in [0.15, 0.2) is 0 Å². The Bertz CT molecular complexity index is 1080. The number of carbonyl (C=O) groups is 2. The van der Waals surface area contributed by atoms with Crippen molar-refractivity contribution in [3.8, 4) is 0 Å². The Labute approximate surface area is 175 Å². The van der Waals surface area contributed by atoms with E-state index in [-0.39, 0.29) is 23.6 Å². The van der Waals surface area contributed by atoms with Crippen LogP contribution in [0, 0.1) is 5.82 Å². The van der Waals surface area contributed by atoms with E-state index < -0.39 is 11.7 Å². The molecule has 0 saturated carbocycles. The van der Waals surface area contributed by atoms with Crippen LogP contribution in [0.25, 0.3) is 0 Å².